The lowest BCUT2D eigenvalue weighted by Crippen LogP contribution is -2.24. The summed E-state index contributed by atoms with van der Waals surface area (Å²) in [4.78, 5) is 16.6. The molecule has 4 rings (SSSR count). The van der Waals surface area contributed by atoms with Crippen LogP contribution in [0.1, 0.15) is 18.4 Å². The van der Waals surface area contributed by atoms with Crippen LogP contribution in [-0.4, -0.2) is 32.1 Å². The summed E-state index contributed by atoms with van der Waals surface area (Å²) in [6.45, 7) is 0.385. The zero-order valence-corrected chi connectivity index (χ0v) is 18.2. The van der Waals surface area contributed by atoms with Crippen LogP contribution in [0.3, 0.4) is 0 Å². The first-order valence-corrected chi connectivity index (χ1v) is 12.6. The standard InChI is InChI=1S/C22H23N3O3S2/c1-30(27,28)23-13-12-15-2-4-16(5-3-15)20-14-29-22(25-20)18-8-10-19(11-9-18)24-21(26)17-6-7-17/h2-5,8-11,14,17,23H,6-7,12-13H2,1H3,(H,24,26). The molecule has 0 bridgehead atoms. The van der Waals surface area contributed by atoms with Crippen LogP contribution in [0.15, 0.2) is 53.9 Å². The molecule has 0 atom stereocenters. The van der Waals surface area contributed by atoms with Gasteiger partial charge in [-0.05, 0) is 49.1 Å². The molecule has 1 saturated carbocycles. The smallest absolute Gasteiger partial charge is 0.227 e. The first-order valence-electron chi connectivity index (χ1n) is 9.78. The molecule has 156 valence electrons. The molecule has 30 heavy (non-hydrogen) atoms. The molecule has 1 aliphatic rings. The highest BCUT2D eigenvalue weighted by Gasteiger charge is 2.29. The lowest BCUT2D eigenvalue weighted by atomic mass is 10.1. The molecule has 2 aromatic carbocycles. The van der Waals surface area contributed by atoms with Crippen LogP contribution >= 0.6 is 11.3 Å². The number of hydrogen-bond acceptors (Lipinski definition) is 5. The van der Waals surface area contributed by atoms with Crippen LogP contribution in [0.5, 0.6) is 0 Å². The van der Waals surface area contributed by atoms with Crippen molar-refractivity contribution < 1.29 is 13.2 Å². The number of hydrogen-bond donors (Lipinski definition) is 2. The van der Waals surface area contributed by atoms with E-state index in [4.69, 9.17) is 4.98 Å². The van der Waals surface area contributed by atoms with Crippen molar-refractivity contribution in [3.63, 3.8) is 0 Å². The third-order valence-electron chi connectivity index (χ3n) is 4.88. The number of aromatic nitrogens is 1. The van der Waals surface area contributed by atoms with Crippen LogP contribution < -0.4 is 10.0 Å². The molecular weight excluding hydrogens is 418 g/mol. The predicted molar refractivity (Wildman–Crippen MR) is 121 cm³/mol. The second kappa shape index (κ2) is 8.67. The molecular formula is C22H23N3O3S2. The average molecular weight is 442 g/mol. The van der Waals surface area contributed by atoms with Crippen LogP contribution in [0.4, 0.5) is 5.69 Å². The Kier molecular flexibility index (Phi) is 5.99. The van der Waals surface area contributed by atoms with Crippen molar-refractivity contribution in [2.75, 3.05) is 18.1 Å². The van der Waals surface area contributed by atoms with Crippen molar-refractivity contribution in [2.45, 2.75) is 19.3 Å². The van der Waals surface area contributed by atoms with Gasteiger partial charge in [0.05, 0.1) is 11.9 Å². The van der Waals surface area contributed by atoms with Crippen molar-refractivity contribution >= 4 is 33.0 Å². The fourth-order valence-electron chi connectivity index (χ4n) is 3.05. The third kappa shape index (κ3) is 5.53. The van der Waals surface area contributed by atoms with Crippen molar-refractivity contribution in [2.24, 2.45) is 5.92 Å². The molecule has 3 aromatic rings. The SMILES string of the molecule is CS(=O)(=O)NCCc1ccc(-c2csc(-c3ccc(NC(=O)C4CC4)cc3)n2)cc1. The van der Waals surface area contributed by atoms with E-state index < -0.39 is 10.0 Å². The first-order chi connectivity index (χ1) is 14.4. The number of anilines is 1. The van der Waals surface area contributed by atoms with Crippen molar-refractivity contribution in [3.05, 3.63) is 59.5 Å². The van der Waals surface area contributed by atoms with Crippen LogP contribution in [0.2, 0.25) is 0 Å². The van der Waals surface area contributed by atoms with E-state index in [0.29, 0.717) is 13.0 Å². The molecule has 1 fully saturated rings. The molecule has 2 N–H and O–H groups in total. The van der Waals surface area contributed by atoms with Gasteiger partial charge in [-0.15, -0.1) is 11.3 Å². The minimum absolute atomic E-state index is 0.106. The summed E-state index contributed by atoms with van der Waals surface area (Å²) >= 11 is 1.58. The quantitative estimate of drug-likeness (QED) is 0.555. The Morgan fingerprint density at radius 2 is 1.73 bits per heavy atom. The Bertz CT molecular complexity index is 1130. The molecule has 0 saturated heterocycles. The van der Waals surface area contributed by atoms with Gasteiger partial charge in [-0.25, -0.2) is 18.1 Å². The molecule has 6 nitrogen and oxygen atoms in total. The van der Waals surface area contributed by atoms with Gasteiger partial charge in [-0.2, -0.15) is 0 Å². The second-order valence-electron chi connectivity index (χ2n) is 7.49. The normalized spacial score (nSPS) is 13.9. The molecule has 1 aliphatic carbocycles. The topological polar surface area (TPSA) is 88.2 Å². The number of nitrogens with one attached hydrogen (secondary N) is 2. The molecule has 0 spiro atoms. The van der Waals surface area contributed by atoms with E-state index in [2.05, 4.69) is 10.0 Å². The average Bonchev–Trinajstić information content (AvgIpc) is 3.46. The third-order valence-corrected chi connectivity index (χ3v) is 6.50. The molecule has 1 aromatic heterocycles. The van der Waals surface area contributed by atoms with E-state index in [1.54, 1.807) is 11.3 Å². The van der Waals surface area contributed by atoms with E-state index in [-0.39, 0.29) is 11.8 Å². The number of carbonyl (C=O) groups is 1. The number of benzene rings is 2. The number of thiazole rings is 1. The van der Waals surface area contributed by atoms with Crippen LogP contribution in [-0.2, 0) is 21.2 Å². The van der Waals surface area contributed by atoms with Crippen molar-refractivity contribution in [1.29, 1.82) is 0 Å². The molecule has 8 heteroatoms. The van der Waals surface area contributed by atoms with E-state index >= 15 is 0 Å². The van der Waals surface area contributed by atoms with Gasteiger partial charge in [0.1, 0.15) is 5.01 Å². The van der Waals surface area contributed by atoms with E-state index in [0.717, 1.165) is 52.2 Å². The van der Waals surface area contributed by atoms with E-state index in [9.17, 15) is 13.2 Å². The van der Waals surface area contributed by atoms with E-state index in [1.165, 1.54) is 0 Å². The van der Waals surface area contributed by atoms with Gasteiger partial charge >= 0.3 is 0 Å². The Balaban J connectivity index is 1.39. The van der Waals surface area contributed by atoms with Crippen molar-refractivity contribution in [3.8, 4) is 21.8 Å². The summed E-state index contributed by atoms with van der Waals surface area (Å²) in [5.74, 6) is 0.295. The number of sulfonamides is 1. The monoisotopic (exact) mass is 441 g/mol. The van der Waals surface area contributed by atoms with Gasteiger partial charge in [-0.1, -0.05) is 24.3 Å². The summed E-state index contributed by atoms with van der Waals surface area (Å²) in [6, 6.07) is 15.8. The first kappa shape index (κ1) is 20.7. The Labute approximate surface area is 180 Å². The zero-order chi connectivity index (χ0) is 21.1. The van der Waals surface area contributed by atoms with Gasteiger partial charge in [-0.3, -0.25) is 4.79 Å². The molecule has 1 heterocycles. The van der Waals surface area contributed by atoms with Gasteiger partial charge < -0.3 is 5.32 Å². The summed E-state index contributed by atoms with van der Waals surface area (Å²) in [5.41, 5.74) is 4.81. The maximum absolute atomic E-state index is 11.9. The summed E-state index contributed by atoms with van der Waals surface area (Å²) in [5, 5.41) is 5.90. The number of nitrogens with zero attached hydrogens (tertiary/aromatic N) is 1. The summed E-state index contributed by atoms with van der Waals surface area (Å²) in [6.07, 6.45) is 3.78. The highest BCUT2D eigenvalue weighted by atomic mass is 32.2. The fourth-order valence-corrected chi connectivity index (χ4v) is 4.36. The second-order valence-corrected chi connectivity index (χ2v) is 10.2. The fraction of sp³-hybridized carbons (Fsp3) is 0.273. The van der Waals surface area contributed by atoms with Gasteiger partial charge in [0, 0.05) is 34.7 Å². The Morgan fingerprint density at radius 3 is 2.37 bits per heavy atom. The lowest BCUT2D eigenvalue weighted by Gasteiger charge is -2.05. The lowest BCUT2D eigenvalue weighted by molar-refractivity contribution is -0.117. The number of rotatable bonds is 8. The number of carbonyl (C=O) groups excluding carboxylic acids is 1. The largest absolute Gasteiger partial charge is 0.326 e. The predicted octanol–water partition coefficient (Wildman–Crippen LogP) is 3.92. The maximum atomic E-state index is 11.9. The summed E-state index contributed by atoms with van der Waals surface area (Å²) in [7, 11) is -3.16. The molecule has 0 radical (unpaired) electrons. The van der Waals surface area contributed by atoms with Crippen LogP contribution in [0, 0.1) is 5.92 Å². The molecule has 0 unspecified atom stereocenters. The minimum Gasteiger partial charge on any atom is -0.326 e. The molecule has 1 amide bonds. The van der Waals surface area contributed by atoms with E-state index in [1.807, 2.05) is 53.9 Å². The number of amides is 1. The Hall–Kier alpha value is -2.55. The maximum Gasteiger partial charge on any atom is 0.227 e. The highest BCUT2D eigenvalue weighted by Crippen LogP contribution is 2.32. The molecule has 0 aliphatic heterocycles. The van der Waals surface area contributed by atoms with Crippen LogP contribution in [0.25, 0.3) is 21.8 Å². The summed E-state index contributed by atoms with van der Waals surface area (Å²) < 4.78 is 24.8. The zero-order valence-electron chi connectivity index (χ0n) is 16.6. The Morgan fingerprint density at radius 1 is 1.07 bits per heavy atom. The van der Waals surface area contributed by atoms with Gasteiger partial charge in [0.2, 0.25) is 15.9 Å². The van der Waals surface area contributed by atoms with Crippen molar-refractivity contribution in [1.82, 2.24) is 9.71 Å². The minimum atomic E-state index is -3.16. The van der Waals surface area contributed by atoms with Gasteiger partial charge in [0.15, 0.2) is 0 Å². The van der Waals surface area contributed by atoms with Gasteiger partial charge in [0.25, 0.3) is 0 Å². The highest BCUT2D eigenvalue weighted by molar-refractivity contribution is 7.88.